The monoisotopic (exact) mass is 294 g/mol. The Balaban J connectivity index is 0.000000194. The van der Waals surface area contributed by atoms with Gasteiger partial charge in [-0.1, -0.05) is 90.5 Å². The lowest BCUT2D eigenvalue weighted by Crippen LogP contribution is -1.99. The predicted octanol–water partition coefficient (Wildman–Crippen LogP) is 5.26. The summed E-state index contributed by atoms with van der Waals surface area (Å²) in [6, 6.07) is 28.1. The van der Waals surface area contributed by atoms with Gasteiger partial charge < -0.3 is 0 Å². The molecule has 1 nitrogen and oxygen atoms in total. The summed E-state index contributed by atoms with van der Waals surface area (Å²) in [5.74, 6) is 0.0752. The van der Waals surface area contributed by atoms with Crippen LogP contribution in [0.5, 0.6) is 0 Å². The third-order valence-corrected chi connectivity index (χ3v) is 3.06. The van der Waals surface area contributed by atoms with Gasteiger partial charge in [0.1, 0.15) is 0 Å². The molecule has 0 aliphatic rings. The summed E-state index contributed by atoms with van der Waals surface area (Å²) in [5, 5.41) is 0.794. The highest BCUT2D eigenvalue weighted by Crippen LogP contribution is 2.08. The molecule has 0 aliphatic carbocycles. The molecule has 0 bridgehead atoms. The third-order valence-electron chi connectivity index (χ3n) is 2.81. The van der Waals surface area contributed by atoms with Crippen molar-refractivity contribution in [3.63, 3.8) is 0 Å². The van der Waals surface area contributed by atoms with E-state index in [1.54, 1.807) is 0 Å². The van der Waals surface area contributed by atoms with Crippen LogP contribution in [-0.4, -0.2) is 5.78 Å². The molecular weight excluding hydrogens is 280 g/mol. The molecule has 0 heterocycles. The second kappa shape index (κ2) is 8.03. The van der Waals surface area contributed by atoms with Crippen molar-refractivity contribution in [2.24, 2.45) is 0 Å². The number of benzene rings is 3. The second-order valence-electron chi connectivity index (χ2n) is 4.36. The number of carbonyl (C=O) groups is 1. The van der Waals surface area contributed by atoms with Gasteiger partial charge in [-0.3, -0.25) is 4.79 Å². The molecule has 0 aliphatic heterocycles. The van der Waals surface area contributed by atoms with Gasteiger partial charge in [-0.15, -0.1) is 0 Å². The van der Waals surface area contributed by atoms with E-state index in [1.165, 1.54) is 0 Å². The van der Waals surface area contributed by atoms with Crippen LogP contribution in [0.15, 0.2) is 91.0 Å². The molecule has 21 heavy (non-hydrogen) atoms. The summed E-state index contributed by atoms with van der Waals surface area (Å²) >= 11 is 5.54. The molecule has 0 unspecified atom stereocenters. The summed E-state index contributed by atoms with van der Waals surface area (Å²) in [6.07, 6.45) is 0. The standard InChI is InChI=1S/C13H10O.C6H5Cl/c14-13(11-7-3-1-4-8-11)12-9-5-2-6-10-12;7-6-4-2-1-3-5-6/h1-10H;1-5H. The lowest BCUT2D eigenvalue weighted by atomic mass is 10.0. The third kappa shape index (κ3) is 4.90. The van der Waals surface area contributed by atoms with Gasteiger partial charge in [-0.25, -0.2) is 0 Å². The largest absolute Gasteiger partial charge is 0.289 e. The Labute approximate surface area is 129 Å². The zero-order valence-electron chi connectivity index (χ0n) is 11.4. The summed E-state index contributed by atoms with van der Waals surface area (Å²) in [7, 11) is 0. The van der Waals surface area contributed by atoms with Crippen molar-refractivity contribution in [3.8, 4) is 0 Å². The van der Waals surface area contributed by atoms with Gasteiger partial charge in [0.15, 0.2) is 5.78 Å². The van der Waals surface area contributed by atoms with Crippen LogP contribution in [-0.2, 0) is 0 Å². The Morgan fingerprint density at radius 2 is 0.905 bits per heavy atom. The SMILES string of the molecule is Clc1ccccc1.O=C(c1ccccc1)c1ccccc1. The zero-order valence-corrected chi connectivity index (χ0v) is 12.2. The zero-order chi connectivity index (χ0) is 14.9. The van der Waals surface area contributed by atoms with Crippen LogP contribution < -0.4 is 0 Å². The lowest BCUT2D eigenvalue weighted by molar-refractivity contribution is 0.103. The van der Waals surface area contributed by atoms with Gasteiger partial charge in [0.05, 0.1) is 0 Å². The van der Waals surface area contributed by atoms with Crippen molar-refractivity contribution in [2.75, 3.05) is 0 Å². The molecule has 3 aromatic carbocycles. The fourth-order valence-corrected chi connectivity index (χ4v) is 1.91. The van der Waals surface area contributed by atoms with E-state index in [9.17, 15) is 4.79 Å². The van der Waals surface area contributed by atoms with Crippen molar-refractivity contribution < 1.29 is 4.79 Å². The Morgan fingerprint density at radius 3 is 1.19 bits per heavy atom. The molecule has 104 valence electrons. The Morgan fingerprint density at radius 1 is 0.571 bits per heavy atom. The van der Waals surface area contributed by atoms with Gasteiger partial charge in [-0.2, -0.15) is 0 Å². The highest BCUT2D eigenvalue weighted by atomic mass is 35.5. The van der Waals surface area contributed by atoms with E-state index in [1.807, 2.05) is 91.0 Å². The van der Waals surface area contributed by atoms with Crippen LogP contribution in [0.25, 0.3) is 0 Å². The van der Waals surface area contributed by atoms with E-state index in [-0.39, 0.29) is 5.78 Å². The molecule has 3 aromatic rings. The smallest absolute Gasteiger partial charge is 0.193 e. The van der Waals surface area contributed by atoms with Crippen LogP contribution >= 0.6 is 11.6 Å². The topological polar surface area (TPSA) is 17.1 Å². The van der Waals surface area contributed by atoms with Gasteiger partial charge in [0.2, 0.25) is 0 Å². The van der Waals surface area contributed by atoms with Crippen molar-refractivity contribution in [3.05, 3.63) is 107 Å². The molecule has 0 atom stereocenters. The first kappa shape index (κ1) is 15.0. The fraction of sp³-hybridized carbons (Fsp3) is 0. The van der Waals surface area contributed by atoms with Crippen LogP contribution in [0, 0.1) is 0 Å². The van der Waals surface area contributed by atoms with E-state index in [0.717, 1.165) is 16.1 Å². The number of carbonyl (C=O) groups excluding carboxylic acids is 1. The number of rotatable bonds is 2. The van der Waals surface area contributed by atoms with Gasteiger partial charge in [0.25, 0.3) is 0 Å². The molecule has 0 spiro atoms. The quantitative estimate of drug-likeness (QED) is 0.589. The van der Waals surface area contributed by atoms with Crippen molar-refractivity contribution >= 4 is 17.4 Å². The minimum Gasteiger partial charge on any atom is -0.289 e. The maximum Gasteiger partial charge on any atom is 0.193 e. The minimum atomic E-state index is 0.0752. The molecule has 0 amide bonds. The maximum atomic E-state index is 11.8. The predicted molar refractivity (Wildman–Crippen MR) is 87.8 cm³/mol. The number of hydrogen-bond donors (Lipinski definition) is 0. The lowest BCUT2D eigenvalue weighted by Gasteiger charge is -1.99. The van der Waals surface area contributed by atoms with Crippen molar-refractivity contribution in [1.82, 2.24) is 0 Å². The first-order valence-corrected chi connectivity index (χ1v) is 7.00. The summed E-state index contributed by atoms with van der Waals surface area (Å²) in [4.78, 5) is 11.8. The van der Waals surface area contributed by atoms with E-state index in [4.69, 9.17) is 11.6 Å². The molecule has 0 fully saturated rings. The van der Waals surface area contributed by atoms with Gasteiger partial charge in [0, 0.05) is 16.1 Å². The second-order valence-corrected chi connectivity index (χ2v) is 4.79. The summed E-state index contributed by atoms with van der Waals surface area (Å²) in [6.45, 7) is 0. The van der Waals surface area contributed by atoms with Crippen LogP contribution in [0.2, 0.25) is 5.02 Å². The van der Waals surface area contributed by atoms with Crippen LogP contribution in [0.3, 0.4) is 0 Å². The Bertz CT molecular complexity index is 622. The van der Waals surface area contributed by atoms with E-state index in [2.05, 4.69) is 0 Å². The van der Waals surface area contributed by atoms with E-state index < -0.39 is 0 Å². The van der Waals surface area contributed by atoms with Gasteiger partial charge >= 0.3 is 0 Å². The number of hydrogen-bond acceptors (Lipinski definition) is 1. The van der Waals surface area contributed by atoms with Crippen LogP contribution in [0.1, 0.15) is 15.9 Å². The minimum absolute atomic E-state index is 0.0752. The van der Waals surface area contributed by atoms with Crippen molar-refractivity contribution in [1.29, 1.82) is 0 Å². The molecule has 0 saturated heterocycles. The number of ketones is 1. The first-order valence-electron chi connectivity index (χ1n) is 6.63. The van der Waals surface area contributed by atoms with Crippen molar-refractivity contribution in [2.45, 2.75) is 0 Å². The van der Waals surface area contributed by atoms with Gasteiger partial charge in [-0.05, 0) is 12.1 Å². The van der Waals surface area contributed by atoms with E-state index in [0.29, 0.717) is 0 Å². The van der Waals surface area contributed by atoms with E-state index >= 15 is 0 Å². The Kier molecular flexibility index (Phi) is 5.74. The highest BCUT2D eigenvalue weighted by molar-refractivity contribution is 6.30. The molecular formula is C19H15ClO. The molecule has 0 radical (unpaired) electrons. The number of halogens is 1. The first-order chi connectivity index (χ1) is 10.3. The molecule has 3 rings (SSSR count). The molecule has 0 N–H and O–H groups in total. The maximum absolute atomic E-state index is 11.8. The molecule has 2 heteroatoms. The van der Waals surface area contributed by atoms with Crippen LogP contribution in [0.4, 0.5) is 0 Å². The normalized spacial score (nSPS) is 9.38. The fourth-order valence-electron chi connectivity index (χ4n) is 1.76. The Hall–Kier alpha value is -2.38. The average molecular weight is 295 g/mol. The average Bonchev–Trinajstić information content (AvgIpc) is 2.57. The molecule has 0 aromatic heterocycles. The molecule has 0 saturated carbocycles. The highest BCUT2D eigenvalue weighted by Gasteiger charge is 2.06. The summed E-state index contributed by atoms with van der Waals surface area (Å²) < 4.78 is 0. The summed E-state index contributed by atoms with van der Waals surface area (Å²) in [5.41, 5.74) is 1.47.